The molecule has 6 nitrogen and oxygen atoms in total. The second-order valence-electron chi connectivity index (χ2n) is 4.42. The lowest BCUT2D eigenvalue weighted by molar-refractivity contribution is -0.207. The summed E-state index contributed by atoms with van der Waals surface area (Å²) in [4.78, 5) is 3.64. The summed E-state index contributed by atoms with van der Waals surface area (Å²) in [5, 5.41) is 18.5. The Morgan fingerprint density at radius 1 is 1.55 bits per heavy atom. The lowest BCUT2D eigenvalue weighted by Gasteiger charge is -2.26. The van der Waals surface area contributed by atoms with Gasteiger partial charge in [-0.1, -0.05) is 0 Å². The third-order valence-corrected chi connectivity index (χ3v) is 3.41. The van der Waals surface area contributed by atoms with Gasteiger partial charge >= 0.3 is 0 Å². The molecule has 2 rings (SSSR count). The van der Waals surface area contributed by atoms with Crippen molar-refractivity contribution >= 4 is 18.0 Å². The lowest BCUT2D eigenvalue weighted by Crippen LogP contribution is -2.49. The largest absolute Gasteiger partial charge is 0.390 e. The fourth-order valence-electron chi connectivity index (χ4n) is 2.00. The molecule has 0 bridgehead atoms. The molecule has 0 amide bonds. The Morgan fingerprint density at radius 3 is 2.70 bits per heavy atom. The predicted octanol–water partition coefficient (Wildman–Crippen LogP) is 0.420. The van der Waals surface area contributed by atoms with Gasteiger partial charge in [0.05, 0.1) is 0 Å². The predicted molar refractivity (Wildman–Crippen MR) is 64.3 cm³/mol. The van der Waals surface area contributed by atoms with Gasteiger partial charge in [0.1, 0.15) is 19.1 Å². The summed E-state index contributed by atoms with van der Waals surface area (Å²) in [5.74, 6) is -3.11. The van der Waals surface area contributed by atoms with E-state index in [1.54, 1.807) is 0 Å². The summed E-state index contributed by atoms with van der Waals surface area (Å²) in [6.07, 6.45) is -3.30. The number of halogens is 3. The zero-order valence-corrected chi connectivity index (χ0v) is 10.9. The molecule has 0 aliphatic carbocycles. The zero-order chi connectivity index (χ0) is 15.1. The van der Waals surface area contributed by atoms with Crippen LogP contribution in [0.2, 0.25) is 0 Å². The number of nitrogen functional groups attached to an aromatic ring is 1. The Labute approximate surface area is 116 Å². The van der Waals surface area contributed by atoms with E-state index < -0.39 is 37.1 Å². The second kappa shape index (κ2) is 4.95. The Bertz CT molecular complexity index is 574. The van der Waals surface area contributed by atoms with Crippen LogP contribution in [0, 0.1) is 4.77 Å². The van der Waals surface area contributed by atoms with Crippen molar-refractivity contribution in [2.75, 3.05) is 19.0 Å². The maximum atomic E-state index is 14.5. The van der Waals surface area contributed by atoms with E-state index in [4.69, 9.17) is 23.1 Å². The third-order valence-electron chi connectivity index (χ3n) is 3.11. The van der Waals surface area contributed by atoms with Crippen LogP contribution in [0.25, 0.3) is 0 Å². The molecule has 4 atom stereocenters. The normalized spacial score (nSPS) is 37.2. The van der Waals surface area contributed by atoms with Crippen molar-refractivity contribution in [3.05, 3.63) is 17.0 Å². The molecule has 1 aromatic heterocycles. The topological polar surface area (TPSA) is 93.5 Å². The van der Waals surface area contributed by atoms with Gasteiger partial charge in [0.25, 0.3) is 5.85 Å². The van der Waals surface area contributed by atoms with E-state index in [9.17, 15) is 18.3 Å². The van der Waals surface area contributed by atoms with Crippen LogP contribution in [-0.2, 0) is 4.74 Å². The van der Waals surface area contributed by atoms with Crippen LogP contribution in [0.1, 0.15) is 6.23 Å². The van der Waals surface area contributed by atoms with Crippen molar-refractivity contribution in [1.82, 2.24) is 9.55 Å². The molecule has 10 heteroatoms. The van der Waals surface area contributed by atoms with Crippen LogP contribution in [0.5, 0.6) is 0 Å². The van der Waals surface area contributed by atoms with Gasteiger partial charge in [0, 0.05) is 6.20 Å². The molecule has 4 N–H and O–H groups in total. The molecule has 2 heterocycles. The van der Waals surface area contributed by atoms with E-state index in [0.717, 1.165) is 10.8 Å². The molecule has 1 aliphatic rings. The summed E-state index contributed by atoms with van der Waals surface area (Å²) in [7, 11) is 0. The van der Waals surface area contributed by atoms with E-state index >= 15 is 0 Å². The first-order valence-electron chi connectivity index (χ1n) is 5.53. The smallest absolute Gasteiger partial charge is 0.264 e. The van der Waals surface area contributed by atoms with Crippen molar-refractivity contribution in [3.8, 4) is 0 Å². The number of ether oxygens (including phenoxy) is 1. The van der Waals surface area contributed by atoms with Crippen molar-refractivity contribution in [3.63, 3.8) is 0 Å². The van der Waals surface area contributed by atoms with Crippen LogP contribution in [0.15, 0.2) is 12.3 Å². The number of rotatable bonds is 3. The van der Waals surface area contributed by atoms with Crippen molar-refractivity contribution in [2.24, 2.45) is 0 Å². The molecule has 20 heavy (non-hydrogen) atoms. The van der Waals surface area contributed by atoms with Gasteiger partial charge in [-0.3, -0.25) is 4.57 Å². The molecule has 1 saturated heterocycles. The SMILES string of the molecule is Nc1ccn([C@@H]2O[C@](F)(CO)[C@H](O)C2(F)CF)c(=S)n1. The number of anilines is 1. The molecular weight excluding hydrogens is 299 g/mol. The number of aromatic nitrogens is 2. The van der Waals surface area contributed by atoms with Gasteiger partial charge in [-0.25, -0.2) is 18.2 Å². The van der Waals surface area contributed by atoms with E-state index in [-0.39, 0.29) is 10.6 Å². The Hall–Kier alpha value is -1.23. The number of aliphatic hydroxyl groups is 2. The summed E-state index contributed by atoms with van der Waals surface area (Å²) in [5.41, 5.74) is 2.25. The number of nitrogens with zero attached hydrogens (tertiary/aromatic N) is 2. The first kappa shape index (κ1) is 15.2. The molecule has 0 radical (unpaired) electrons. The minimum absolute atomic E-state index is 0.0307. The average Bonchev–Trinajstić information content (AvgIpc) is 2.62. The fourth-order valence-corrected chi connectivity index (χ4v) is 2.26. The summed E-state index contributed by atoms with van der Waals surface area (Å²) >= 11 is 4.81. The highest BCUT2D eigenvalue weighted by atomic mass is 32.1. The first-order chi connectivity index (χ1) is 9.28. The van der Waals surface area contributed by atoms with Gasteiger partial charge in [-0.2, -0.15) is 0 Å². The molecule has 0 saturated carbocycles. The lowest BCUT2D eigenvalue weighted by atomic mass is 9.96. The van der Waals surface area contributed by atoms with E-state index in [0.29, 0.717) is 0 Å². The van der Waals surface area contributed by atoms with Gasteiger partial charge in [0.15, 0.2) is 12.3 Å². The standard InChI is InChI=1S/C10H12F3N3O3S/c11-3-9(12)6(18)10(13,4-17)19-7(9)16-2-1-5(14)15-8(16)20/h1-2,6-7,17-18H,3-4H2,(H2,14,15,20)/t6-,7-,9?,10-/m1/s1. The number of alkyl halides is 3. The van der Waals surface area contributed by atoms with E-state index in [1.165, 1.54) is 6.07 Å². The van der Waals surface area contributed by atoms with Gasteiger partial charge in [0.2, 0.25) is 10.4 Å². The summed E-state index contributed by atoms with van der Waals surface area (Å²) in [6.45, 7) is -3.08. The number of hydrogen-bond donors (Lipinski definition) is 3. The van der Waals surface area contributed by atoms with Crippen molar-refractivity contribution in [1.29, 1.82) is 0 Å². The van der Waals surface area contributed by atoms with Crippen LogP contribution < -0.4 is 5.73 Å². The number of aliphatic hydroxyl groups excluding tert-OH is 2. The van der Waals surface area contributed by atoms with Gasteiger partial charge in [-0.15, -0.1) is 0 Å². The Balaban J connectivity index is 2.52. The van der Waals surface area contributed by atoms with E-state index in [1.807, 2.05) is 0 Å². The number of hydrogen-bond acceptors (Lipinski definition) is 6. The van der Waals surface area contributed by atoms with Crippen LogP contribution >= 0.6 is 12.2 Å². The Kier molecular flexibility index (Phi) is 3.75. The summed E-state index contributed by atoms with van der Waals surface area (Å²) in [6, 6.07) is 1.22. The molecule has 1 unspecified atom stereocenters. The Morgan fingerprint density at radius 2 is 2.20 bits per heavy atom. The van der Waals surface area contributed by atoms with Gasteiger partial charge in [-0.05, 0) is 18.3 Å². The molecule has 1 fully saturated rings. The average molecular weight is 311 g/mol. The molecule has 1 aliphatic heterocycles. The minimum atomic E-state index is -3.14. The molecule has 112 valence electrons. The second-order valence-corrected chi connectivity index (χ2v) is 4.78. The maximum absolute atomic E-state index is 14.5. The van der Waals surface area contributed by atoms with Crippen LogP contribution in [0.3, 0.4) is 0 Å². The van der Waals surface area contributed by atoms with Crippen molar-refractivity contribution < 1.29 is 28.1 Å². The highest BCUT2D eigenvalue weighted by molar-refractivity contribution is 7.71. The van der Waals surface area contributed by atoms with Crippen LogP contribution in [-0.4, -0.2) is 50.7 Å². The highest BCUT2D eigenvalue weighted by Crippen LogP contribution is 2.47. The highest BCUT2D eigenvalue weighted by Gasteiger charge is 2.66. The maximum Gasteiger partial charge on any atom is 0.264 e. The molecule has 1 aromatic rings. The zero-order valence-electron chi connectivity index (χ0n) is 10.0. The molecule has 0 aromatic carbocycles. The molecular formula is C10H12F3N3O3S. The fraction of sp³-hybridized carbons (Fsp3) is 0.600. The monoisotopic (exact) mass is 311 g/mol. The van der Waals surface area contributed by atoms with Crippen molar-refractivity contribution in [2.45, 2.75) is 23.9 Å². The van der Waals surface area contributed by atoms with E-state index in [2.05, 4.69) is 9.72 Å². The first-order valence-corrected chi connectivity index (χ1v) is 5.94. The third kappa shape index (κ3) is 2.08. The number of nitrogens with two attached hydrogens (primary N) is 1. The minimum Gasteiger partial charge on any atom is -0.390 e. The summed E-state index contributed by atoms with van der Waals surface area (Å²) < 4.78 is 46.8. The molecule has 0 spiro atoms. The quantitative estimate of drug-likeness (QED) is 0.701. The van der Waals surface area contributed by atoms with Gasteiger partial charge < -0.3 is 20.7 Å². The van der Waals surface area contributed by atoms with Crippen LogP contribution in [0.4, 0.5) is 19.0 Å².